The molecule has 1 aliphatic heterocycles. The molecule has 2 fully saturated rings. The molecule has 2 aromatic rings. The van der Waals surface area contributed by atoms with Crippen LogP contribution in [0, 0.1) is 23.1 Å². The largest absolute Gasteiger partial charge is 0.444 e. The van der Waals surface area contributed by atoms with Gasteiger partial charge < -0.3 is 15.8 Å². The number of benzene rings is 1. The van der Waals surface area contributed by atoms with Crippen molar-refractivity contribution in [3.63, 3.8) is 0 Å². The van der Waals surface area contributed by atoms with E-state index in [9.17, 15) is 14.9 Å². The van der Waals surface area contributed by atoms with Crippen LogP contribution in [0.4, 0.5) is 9.18 Å². The number of hydrogen-bond donors (Lipinski definition) is 2. The molecule has 1 aliphatic carbocycles. The summed E-state index contributed by atoms with van der Waals surface area (Å²) in [5.41, 5.74) is 6.23. The summed E-state index contributed by atoms with van der Waals surface area (Å²) in [6.07, 6.45) is 5.20. The molecular formula is C25H31FN6O3. The van der Waals surface area contributed by atoms with Crippen molar-refractivity contribution in [1.29, 1.82) is 5.26 Å². The van der Waals surface area contributed by atoms with E-state index in [0.717, 1.165) is 24.8 Å². The summed E-state index contributed by atoms with van der Waals surface area (Å²) in [6.45, 7) is 6.30. The summed E-state index contributed by atoms with van der Waals surface area (Å²) in [6, 6.07) is 4.47. The average Bonchev–Trinajstić information content (AvgIpc) is 3.53. The van der Waals surface area contributed by atoms with Crippen LogP contribution in [-0.2, 0) is 16.1 Å². The van der Waals surface area contributed by atoms with Gasteiger partial charge in [0, 0.05) is 29.9 Å². The van der Waals surface area contributed by atoms with Crippen molar-refractivity contribution in [1.82, 2.24) is 20.0 Å². The van der Waals surface area contributed by atoms with Crippen molar-refractivity contribution in [2.24, 2.45) is 11.7 Å². The molecule has 2 bridgehead atoms. The Kier molecular flexibility index (Phi) is 6.81. The number of nitrogens with one attached hydrogen (secondary N) is 1. The van der Waals surface area contributed by atoms with Gasteiger partial charge in [0.1, 0.15) is 23.5 Å². The number of piperidine rings is 1. The lowest BCUT2D eigenvalue weighted by molar-refractivity contribution is -0.128. The zero-order valence-corrected chi connectivity index (χ0v) is 20.2. The molecule has 0 spiro atoms. The molecule has 10 heteroatoms. The monoisotopic (exact) mass is 482 g/mol. The zero-order valence-electron chi connectivity index (χ0n) is 20.2. The molecule has 4 rings (SSSR count). The fourth-order valence-corrected chi connectivity index (χ4v) is 5.02. The minimum Gasteiger partial charge on any atom is -0.444 e. The fourth-order valence-electron chi connectivity index (χ4n) is 5.02. The zero-order chi connectivity index (χ0) is 25.3. The number of carbonyl (C=O) groups is 2. The predicted octanol–water partition coefficient (Wildman–Crippen LogP) is 3.12. The lowest BCUT2D eigenvalue weighted by Gasteiger charge is -2.35. The highest BCUT2D eigenvalue weighted by molar-refractivity contribution is 5.87. The Morgan fingerprint density at radius 2 is 2.11 bits per heavy atom. The molecule has 9 nitrogen and oxygen atoms in total. The van der Waals surface area contributed by atoms with Crippen LogP contribution in [0.3, 0.4) is 0 Å². The van der Waals surface area contributed by atoms with Crippen molar-refractivity contribution in [2.45, 2.75) is 70.3 Å². The van der Waals surface area contributed by atoms with Gasteiger partial charge in [-0.1, -0.05) is 12.1 Å². The van der Waals surface area contributed by atoms with Gasteiger partial charge in [-0.3, -0.25) is 14.4 Å². The average molecular weight is 483 g/mol. The van der Waals surface area contributed by atoms with E-state index in [4.69, 9.17) is 10.5 Å². The maximum absolute atomic E-state index is 15.1. The normalized spacial score (nSPS) is 22.1. The maximum Gasteiger partial charge on any atom is 0.411 e. The van der Waals surface area contributed by atoms with Crippen LogP contribution in [0.2, 0.25) is 0 Å². The quantitative estimate of drug-likeness (QED) is 0.651. The molecular weight excluding hydrogens is 451 g/mol. The van der Waals surface area contributed by atoms with E-state index in [1.165, 1.54) is 17.0 Å². The molecule has 2 heterocycles. The molecule has 1 aromatic carbocycles. The standard InChI is InChI=1S/C25H31FN6O3/c1-25(2,3)35-24(34)32-18-6-4-16(10-18)22(32)23(33)30-21(12-28)19-7-5-15(11-20(19)26)17-13-29-31(14-17)9-8-27/h5,7,11,13-14,16,18,21-22H,4,6,8-10,27H2,1-3H3,(H,30,33)/t16?,18-,21?,22?/m1/s1. The molecule has 2 amide bonds. The number of amides is 2. The SMILES string of the molecule is CC(C)(C)OC(=O)N1C(C(=O)NC(C#N)c2ccc(-c3cnn(CCN)c3)cc2F)C2CC[C@@H]1C2. The van der Waals surface area contributed by atoms with E-state index in [-0.39, 0.29) is 17.5 Å². The molecule has 186 valence electrons. The first-order valence-corrected chi connectivity index (χ1v) is 11.8. The summed E-state index contributed by atoms with van der Waals surface area (Å²) in [7, 11) is 0. The lowest BCUT2D eigenvalue weighted by atomic mass is 9.97. The first-order chi connectivity index (χ1) is 16.6. The summed E-state index contributed by atoms with van der Waals surface area (Å²) in [4.78, 5) is 27.6. The highest BCUT2D eigenvalue weighted by Crippen LogP contribution is 2.43. The number of aromatic nitrogens is 2. The number of rotatable bonds is 6. The Morgan fingerprint density at radius 1 is 1.34 bits per heavy atom. The lowest BCUT2D eigenvalue weighted by Crippen LogP contribution is -2.54. The van der Waals surface area contributed by atoms with E-state index in [1.807, 2.05) is 6.07 Å². The number of carbonyl (C=O) groups excluding carboxylic acids is 2. The highest BCUT2D eigenvalue weighted by atomic mass is 19.1. The van der Waals surface area contributed by atoms with E-state index in [2.05, 4.69) is 10.4 Å². The molecule has 1 aromatic heterocycles. The summed E-state index contributed by atoms with van der Waals surface area (Å²) in [5, 5.41) is 16.6. The Morgan fingerprint density at radius 3 is 2.77 bits per heavy atom. The molecule has 1 saturated carbocycles. The van der Waals surface area contributed by atoms with Crippen LogP contribution < -0.4 is 11.1 Å². The van der Waals surface area contributed by atoms with Crippen molar-refractivity contribution in [2.75, 3.05) is 6.54 Å². The van der Waals surface area contributed by atoms with Crippen LogP contribution in [0.25, 0.3) is 11.1 Å². The third kappa shape index (κ3) is 5.15. The topological polar surface area (TPSA) is 126 Å². The third-order valence-electron chi connectivity index (χ3n) is 6.51. The van der Waals surface area contributed by atoms with Crippen molar-refractivity contribution < 1.29 is 18.7 Å². The number of nitrogens with two attached hydrogens (primary N) is 1. The van der Waals surface area contributed by atoms with Gasteiger partial charge in [0.05, 0.1) is 18.8 Å². The molecule has 35 heavy (non-hydrogen) atoms. The van der Waals surface area contributed by atoms with E-state index < -0.39 is 35.5 Å². The van der Waals surface area contributed by atoms with Crippen molar-refractivity contribution >= 4 is 12.0 Å². The summed E-state index contributed by atoms with van der Waals surface area (Å²) in [5.74, 6) is -1.09. The van der Waals surface area contributed by atoms with Crippen molar-refractivity contribution in [3.8, 4) is 17.2 Å². The molecule has 3 N–H and O–H groups in total. The van der Waals surface area contributed by atoms with Gasteiger partial charge in [0.15, 0.2) is 0 Å². The Bertz CT molecular complexity index is 1150. The number of nitrogens with zero attached hydrogens (tertiary/aromatic N) is 4. The van der Waals surface area contributed by atoms with Gasteiger partial charge in [0.25, 0.3) is 0 Å². The predicted molar refractivity (Wildman–Crippen MR) is 126 cm³/mol. The van der Waals surface area contributed by atoms with Crippen LogP contribution >= 0.6 is 0 Å². The van der Waals surface area contributed by atoms with Gasteiger partial charge >= 0.3 is 6.09 Å². The first kappa shape index (κ1) is 24.7. The number of ether oxygens (including phenoxy) is 1. The summed E-state index contributed by atoms with van der Waals surface area (Å²) < 4.78 is 22.3. The molecule has 4 atom stereocenters. The minimum absolute atomic E-state index is 0.0101. The second-order valence-electron chi connectivity index (χ2n) is 10.1. The Hall–Kier alpha value is -3.45. The van der Waals surface area contributed by atoms with Gasteiger partial charge in [-0.15, -0.1) is 0 Å². The van der Waals surface area contributed by atoms with Crippen LogP contribution in [-0.4, -0.2) is 50.9 Å². The van der Waals surface area contributed by atoms with E-state index >= 15 is 4.39 Å². The fraction of sp³-hybridized carbons (Fsp3) is 0.520. The van der Waals surface area contributed by atoms with E-state index in [0.29, 0.717) is 18.7 Å². The molecule has 2 aliphatic rings. The number of halogens is 1. The van der Waals surface area contributed by atoms with Crippen LogP contribution in [0.15, 0.2) is 30.6 Å². The number of fused-ring (bicyclic) bond motifs is 2. The first-order valence-electron chi connectivity index (χ1n) is 11.8. The van der Waals surface area contributed by atoms with Crippen LogP contribution in [0.5, 0.6) is 0 Å². The van der Waals surface area contributed by atoms with Crippen LogP contribution in [0.1, 0.15) is 51.6 Å². The number of likely N-dealkylation sites (tertiary alicyclic amines) is 1. The summed E-state index contributed by atoms with van der Waals surface area (Å²) >= 11 is 0. The smallest absolute Gasteiger partial charge is 0.411 e. The second kappa shape index (κ2) is 9.66. The molecule has 3 unspecified atom stereocenters. The number of hydrogen-bond acceptors (Lipinski definition) is 6. The maximum atomic E-state index is 15.1. The molecule has 1 saturated heterocycles. The second-order valence-corrected chi connectivity index (χ2v) is 10.1. The molecule has 0 radical (unpaired) electrons. The van der Waals surface area contributed by atoms with Gasteiger partial charge in [0.2, 0.25) is 5.91 Å². The Balaban J connectivity index is 1.51. The van der Waals surface area contributed by atoms with E-state index in [1.54, 1.807) is 43.9 Å². The highest BCUT2D eigenvalue weighted by Gasteiger charge is 2.52. The minimum atomic E-state index is -1.20. The van der Waals surface area contributed by atoms with Gasteiger partial charge in [-0.2, -0.15) is 10.4 Å². The third-order valence-corrected chi connectivity index (χ3v) is 6.51. The Labute approximate surface area is 204 Å². The number of nitriles is 1. The van der Waals surface area contributed by atoms with Gasteiger partial charge in [-0.05, 0) is 57.6 Å². The van der Waals surface area contributed by atoms with Gasteiger partial charge in [-0.25, -0.2) is 9.18 Å². The van der Waals surface area contributed by atoms with Crippen molar-refractivity contribution in [3.05, 3.63) is 42.0 Å².